The molecular weight excluding hydrogens is 427 g/mol. The number of nitrogens with one attached hydrogen (secondary N) is 2. The molecule has 0 radical (unpaired) electrons. The number of sulfonamides is 1. The van der Waals surface area contributed by atoms with Crippen LogP contribution < -0.4 is 16.0 Å². The molecule has 0 saturated heterocycles. The number of aromatic amines is 1. The second-order valence-corrected chi connectivity index (χ2v) is 7.13. The second-order valence-electron chi connectivity index (χ2n) is 5.38. The van der Waals surface area contributed by atoms with E-state index >= 15 is 0 Å². The van der Waals surface area contributed by atoms with E-state index < -0.39 is 62.1 Å². The summed E-state index contributed by atoms with van der Waals surface area (Å²) in [5.74, 6) is -1.81. The van der Waals surface area contributed by atoms with Crippen LogP contribution in [-0.2, 0) is 22.4 Å². The molecule has 0 spiro atoms. The molecule has 2 N–H and O–H groups in total. The van der Waals surface area contributed by atoms with Crippen LogP contribution in [0, 0.1) is 5.82 Å². The quantitative estimate of drug-likeness (QED) is 0.721. The minimum absolute atomic E-state index is 0.109. The van der Waals surface area contributed by atoms with Crippen molar-refractivity contribution in [2.75, 3.05) is 11.0 Å². The molecule has 15 heteroatoms. The molecule has 1 aromatic heterocycles. The molecular formula is C13H8F7N3O4S. The predicted molar refractivity (Wildman–Crippen MR) is 81.1 cm³/mol. The average Bonchev–Trinajstić information content (AvgIpc) is 2.45. The standard InChI is InChI=1S/C13H8F7N3O4S/c1-28(26,27)22-7-3-8(6(14)2-5(7)12(15,16)17)23-10(24)4-9(13(18,19)20)21-11(23)25/h2-4,22H,1H3,(H,21,25). The van der Waals surface area contributed by atoms with Gasteiger partial charge in [0.2, 0.25) is 10.0 Å². The normalized spacial score (nSPS) is 12.9. The van der Waals surface area contributed by atoms with E-state index in [0.29, 0.717) is 6.26 Å². The zero-order valence-electron chi connectivity index (χ0n) is 13.4. The molecule has 0 fully saturated rings. The third-order valence-electron chi connectivity index (χ3n) is 3.17. The van der Waals surface area contributed by atoms with Crippen molar-refractivity contribution in [3.05, 3.63) is 56.1 Å². The number of anilines is 1. The van der Waals surface area contributed by atoms with Gasteiger partial charge in [0.15, 0.2) is 0 Å². The van der Waals surface area contributed by atoms with E-state index in [0.717, 1.165) is 0 Å². The minimum atomic E-state index is -5.23. The first-order valence-corrected chi connectivity index (χ1v) is 8.72. The first-order chi connectivity index (χ1) is 12.5. The Morgan fingerprint density at radius 3 is 2.00 bits per heavy atom. The number of halogens is 7. The molecule has 2 aromatic rings. The molecule has 1 heterocycles. The number of alkyl halides is 6. The van der Waals surface area contributed by atoms with Crippen LogP contribution in [0.1, 0.15) is 11.3 Å². The van der Waals surface area contributed by atoms with Gasteiger partial charge in [0.1, 0.15) is 11.5 Å². The van der Waals surface area contributed by atoms with Gasteiger partial charge in [-0.1, -0.05) is 0 Å². The van der Waals surface area contributed by atoms with E-state index in [1.165, 1.54) is 9.71 Å². The van der Waals surface area contributed by atoms with Crippen LogP contribution in [0.5, 0.6) is 0 Å². The van der Waals surface area contributed by atoms with Gasteiger partial charge in [-0.3, -0.25) is 9.52 Å². The van der Waals surface area contributed by atoms with Crippen molar-refractivity contribution in [3.63, 3.8) is 0 Å². The lowest BCUT2D eigenvalue weighted by Gasteiger charge is -2.16. The maximum Gasteiger partial charge on any atom is 0.431 e. The van der Waals surface area contributed by atoms with Gasteiger partial charge >= 0.3 is 18.0 Å². The van der Waals surface area contributed by atoms with Crippen molar-refractivity contribution in [1.82, 2.24) is 9.55 Å². The van der Waals surface area contributed by atoms with E-state index in [2.05, 4.69) is 0 Å². The van der Waals surface area contributed by atoms with Gasteiger partial charge in [0, 0.05) is 6.07 Å². The lowest BCUT2D eigenvalue weighted by molar-refractivity contribution is -0.141. The number of aromatic nitrogens is 2. The first kappa shape index (κ1) is 21.5. The van der Waals surface area contributed by atoms with Crippen molar-refractivity contribution in [2.45, 2.75) is 12.4 Å². The van der Waals surface area contributed by atoms with Crippen LogP contribution in [0.25, 0.3) is 5.69 Å². The van der Waals surface area contributed by atoms with E-state index in [4.69, 9.17) is 0 Å². The van der Waals surface area contributed by atoms with Gasteiger partial charge in [-0.25, -0.2) is 22.2 Å². The van der Waals surface area contributed by atoms with Crippen LogP contribution in [0.4, 0.5) is 36.4 Å². The molecule has 2 rings (SSSR count). The lowest BCUT2D eigenvalue weighted by Crippen LogP contribution is -2.36. The maximum atomic E-state index is 14.2. The summed E-state index contributed by atoms with van der Waals surface area (Å²) in [6.45, 7) is 0. The zero-order chi connectivity index (χ0) is 21.7. The number of nitrogens with zero attached hydrogens (tertiary/aromatic N) is 1. The number of hydrogen-bond acceptors (Lipinski definition) is 4. The molecule has 0 atom stereocenters. The largest absolute Gasteiger partial charge is 0.431 e. The Morgan fingerprint density at radius 1 is 1.00 bits per heavy atom. The Balaban J connectivity index is 2.83. The molecule has 28 heavy (non-hydrogen) atoms. The number of H-pyrrole nitrogens is 1. The second kappa shape index (κ2) is 6.65. The van der Waals surface area contributed by atoms with Gasteiger partial charge in [-0.2, -0.15) is 26.3 Å². The molecule has 0 unspecified atom stereocenters. The van der Waals surface area contributed by atoms with Crippen LogP contribution in [0.15, 0.2) is 27.8 Å². The highest BCUT2D eigenvalue weighted by Crippen LogP contribution is 2.37. The summed E-state index contributed by atoms with van der Waals surface area (Å²) in [5, 5.41) is 0. The fourth-order valence-corrected chi connectivity index (χ4v) is 2.70. The molecule has 1 aromatic carbocycles. The highest BCUT2D eigenvalue weighted by atomic mass is 32.2. The van der Waals surface area contributed by atoms with Gasteiger partial charge in [0.05, 0.1) is 23.2 Å². The molecule has 154 valence electrons. The van der Waals surface area contributed by atoms with Gasteiger partial charge < -0.3 is 4.98 Å². The third kappa shape index (κ3) is 4.52. The Morgan fingerprint density at radius 2 is 1.57 bits per heavy atom. The monoisotopic (exact) mass is 435 g/mol. The number of rotatable bonds is 3. The van der Waals surface area contributed by atoms with Gasteiger partial charge in [-0.15, -0.1) is 0 Å². The minimum Gasteiger partial charge on any atom is -0.303 e. The van der Waals surface area contributed by atoms with Gasteiger partial charge in [0.25, 0.3) is 5.56 Å². The Hall–Kier alpha value is -2.84. The summed E-state index contributed by atoms with van der Waals surface area (Å²) >= 11 is 0. The fourth-order valence-electron chi connectivity index (χ4n) is 2.13. The van der Waals surface area contributed by atoms with Gasteiger partial charge in [-0.05, 0) is 12.1 Å². The zero-order valence-corrected chi connectivity index (χ0v) is 14.2. The highest BCUT2D eigenvalue weighted by Gasteiger charge is 2.36. The Bertz CT molecular complexity index is 1120. The highest BCUT2D eigenvalue weighted by molar-refractivity contribution is 7.92. The number of benzene rings is 1. The van der Waals surface area contributed by atoms with Crippen molar-refractivity contribution in [3.8, 4) is 5.69 Å². The topological polar surface area (TPSA) is 101 Å². The van der Waals surface area contributed by atoms with Crippen LogP contribution in [-0.4, -0.2) is 24.2 Å². The molecule has 0 aliphatic rings. The summed E-state index contributed by atoms with van der Waals surface area (Å²) in [5.41, 5.74) is -9.49. The van der Waals surface area contributed by atoms with E-state index in [-0.39, 0.29) is 22.8 Å². The molecule has 0 amide bonds. The van der Waals surface area contributed by atoms with Crippen LogP contribution >= 0.6 is 0 Å². The van der Waals surface area contributed by atoms with E-state index in [1.54, 1.807) is 0 Å². The van der Waals surface area contributed by atoms with Crippen molar-refractivity contribution in [1.29, 1.82) is 0 Å². The SMILES string of the molecule is CS(=O)(=O)Nc1cc(-n2c(=O)cc(C(F)(F)F)[nH]c2=O)c(F)cc1C(F)(F)F. The van der Waals surface area contributed by atoms with Crippen LogP contribution in [0.3, 0.4) is 0 Å². The average molecular weight is 435 g/mol. The maximum absolute atomic E-state index is 14.2. The first-order valence-electron chi connectivity index (χ1n) is 6.83. The summed E-state index contributed by atoms with van der Waals surface area (Å²) in [6.07, 6.45) is -9.88. The number of hydrogen-bond donors (Lipinski definition) is 2. The summed E-state index contributed by atoms with van der Waals surface area (Å²) in [4.78, 5) is 24.9. The van der Waals surface area contributed by atoms with E-state index in [1.807, 2.05) is 0 Å². The molecule has 0 aliphatic heterocycles. The summed E-state index contributed by atoms with van der Waals surface area (Å²) in [7, 11) is -4.31. The van der Waals surface area contributed by atoms with Crippen molar-refractivity contribution >= 4 is 15.7 Å². The smallest absolute Gasteiger partial charge is 0.303 e. The molecule has 0 aliphatic carbocycles. The Labute approximate surface area is 150 Å². The Kier molecular flexibility index (Phi) is 5.09. The molecule has 0 saturated carbocycles. The van der Waals surface area contributed by atoms with Crippen molar-refractivity contribution in [2.24, 2.45) is 0 Å². The van der Waals surface area contributed by atoms with E-state index in [9.17, 15) is 48.7 Å². The lowest BCUT2D eigenvalue weighted by atomic mass is 10.1. The predicted octanol–water partition coefficient (Wildman–Crippen LogP) is 2.07. The summed E-state index contributed by atoms with van der Waals surface area (Å²) in [6, 6.07) is -0.141. The molecule has 7 nitrogen and oxygen atoms in total. The molecule has 0 bridgehead atoms. The summed E-state index contributed by atoms with van der Waals surface area (Å²) < 4.78 is 115. The fraction of sp³-hybridized carbons (Fsp3) is 0.231. The van der Waals surface area contributed by atoms with Crippen LogP contribution in [0.2, 0.25) is 0 Å². The third-order valence-corrected chi connectivity index (χ3v) is 3.76. The van der Waals surface area contributed by atoms with Crippen molar-refractivity contribution < 1.29 is 39.2 Å².